The second kappa shape index (κ2) is 10.4. The summed E-state index contributed by atoms with van der Waals surface area (Å²) in [5.41, 5.74) is 2.21. The van der Waals surface area contributed by atoms with E-state index in [9.17, 15) is 18.0 Å². The number of likely N-dealkylation sites (N-methyl/N-ethyl adjacent to an activating group) is 1. The number of carbonyl (C=O) groups excluding carboxylic acids is 2. The van der Waals surface area contributed by atoms with Crippen LogP contribution in [0.25, 0.3) is 0 Å². The molecule has 0 bridgehead atoms. The zero-order valence-corrected chi connectivity index (χ0v) is 18.6. The molecule has 0 aliphatic rings. The highest BCUT2D eigenvalue weighted by Gasteiger charge is 2.25. The number of nitrogens with zero attached hydrogens (tertiary/aromatic N) is 1. The van der Waals surface area contributed by atoms with E-state index >= 15 is 0 Å². The molecule has 0 saturated heterocycles. The average molecular weight is 432 g/mol. The van der Waals surface area contributed by atoms with Crippen molar-refractivity contribution in [2.45, 2.75) is 44.9 Å². The van der Waals surface area contributed by atoms with Crippen molar-refractivity contribution in [2.24, 2.45) is 0 Å². The van der Waals surface area contributed by atoms with Gasteiger partial charge in [0.2, 0.25) is 21.8 Å². The lowest BCUT2D eigenvalue weighted by Gasteiger charge is -2.20. The number of nitrogens with one attached hydrogen (secondary N) is 2. The smallest absolute Gasteiger partial charge is 0.243 e. The largest absolute Gasteiger partial charge is 0.326 e. The fraction of sp³-hybridized carbons (Fsp3) is 0.364. The third-order valence-electron chi connectivity index (χ3n) is 4.86. The maximum absolute atomic E-state index is 13.0. The zero-order valence-electron chi connectivity index (χ0n) is 17.8. The van der Waals surface area contributed by atoms with Crippen LogP contribution in [0, 0.1) is 0 Å². The molecule has 2 aromatic rings. The van der Waals surface area contributed by atoms with Crippen molar-refractivity contribution in [3.63, 3.8) is 0 Å². The molecule has 2 rings (SSSR count). The van der Waals surface area contributed by atoms with Crippen LogP contribution in [-0.4, -0.2) is 37.6 Å². The summed E-state index contributed by atoms with van der Waals surface area (Å²) >= 11 is 0. The lowest BCUT2D eigenvalue weighted by Crippen LogP contribution is -2.37. The number of benzene rings is 2. The van der Waals surface area contributed by atoms with Gasteiger partial charge in [-0.25, -0.2) is 8.42 Å². The first-order chi connectivity index (χ1) is 14.2. The monoisotopic (exact) mass is 431 g/mol. The van der Waals surface area contributed by atoms with E-state index in [0.717, 1.165) is 16.3 Å². The van der Waals surface area contributed by atoms with Crippen LogP contribution in [0.5, 0.6) is 0 Å². The fourth-order valence-electron chi connectivity index (χ4n) is 2.92. The molecule has 0 aromatic heterocycles. The Bertz CT molecular complexity index is 970. The molecular weight excluding hydrogens is 402 g/mol. The molecule has 2 N–H and O–H groups in total. The van der Waals surface area contributed by atoms with Crippen LogP contribution in [0.4, 0.5) is 11.4 Å². The van der Waals surface area contributed by atoms with Crippen LogP contribution in [-0.2, 0) is 19.6 Å². The zero-order chi connectivity index (χ0) is 22.3. The van der Waals surface area contributed by atoms with Crippen LogP contribution in [0.1, 0.15) is 45.6 Å². The van der Waals surface area contributed by atoms with Gasteiger partial charge in [0.1, 0.15) is 0 Å². The number of carbonyl (C=O) groups is 2. The molecule has 0 aliphatic heterocycles. The van der Waals surface area contributed by atoms with E-state index in [4.69, 9.17) is 0 Å². The summed E-state index contributed by atoms with van der Waals surface area (Å²) in [6.07, 6.45) is 0.971. The molecule has 1 atom stereocenters. The first-order valence-corrected chi connectivity index (χ1v) is 11.4. The van der Waals surface area contributed by atoms with E-state index in [2.05, 4.69) is 24.5 Å². The first kappa shape index (κ1) is 23.6. The molecular formula is C22H29N3O4S. The highest BCUT2D eigenvalue weighted by Crippen LogP contribution is 2.22. The number of anilines is 2. The third-order valence-corrected chi connectivity index (χ3v) is 6.80. The molecule has 0 fully saturated rings. The number of sulfonamides is 1. The summed E-state index contributed by atoms with van der Waals surface area (Å²) in [6.45, 7) is 7.16. The summed E-state index contributed by atoms with van der Waals surface area (Å²) < 4.78 is 27.1. The van der Waals surface area contributed by atoms with Gasteiger partial charge >= 0.3 is 0 Å². The minimum absolute atomic E-state index is 0.170. The second-order valence-electron chi connectivity index (χ2n) is 7.12. The molecule has 30 heavy (non-hydrogen) atoms. The molecule has 0 heterocycles. The van der Waals surface area contributed by atoms with Gasteiger partial charge in [0, 0.05) is 24.8 Å². The lowest BCUT2D eigenvalue weighted by atomic mass is 9.99. The van der Waals surface area contributed by atoms with Crippen molar-refractivity contribution in [1.29, 1.82) is 0 Å². The van der Waals surface area contributed by atoms with Crippen LogP contribution >= 0.6 is 0 Å². The van der Waals surface area contributed by atoms with Crippen LogP contribution in [0.3, 0.4) is 0 Å². The van der Waals surface area contributed by atoms with Gasteiger partial charge in [0.05, 0.1) is 11.4 Å². The Morgan fingerprint density at radius 2 is 1.47 bits per heavy atom. The van der Waals surface area contributed by atoms with Gasteiger partial charge in [-0.2, -0.15) is 4.31 Å². The van der Waals surface area contributed by atoms with Crippen molar-refractivity contribution in [2.75, 3.05) is 23.7 Å². The second-order valence-corrected chi connectivity index (χ2v) is 9.05. The van der Waals surface area contributed by atoms with Gasteiger partial charge in [0.25, 0.3) is 0 Å². The van der Waals surface area contributed by atoms with Gasteiger partial charge in [-0.1, -0.05) is 32.9 Å². The fourth-order valence-corrected chi connectivity index (χ4v) is 4.33. The molecule has 162 valence electrons. The Morgan fingerprint density at radius 3 is 1.93 bits per heavy atom. The van der Waals surface area contributed by atoms with Gasteiger partial charge in [-0.05, 0) is 54.3 Å². The summed E-state index contributed by atoms with van der Waals surface area (Å²) in [4.78, 5) is 23.7. The van der Waals surface area contributed by atoms with Crippen molar-refractivity contribution >= 4 is 33.2 Å². The topological polar surface area (TPSA) is 95.6 Å². The number of amides is 2. The Balaban J connectivity index is 2.07. The molecule has 7 nitrogen and oxygen atoms in total. The van der Waals surface area contributed by atoms with Crippen molar-refractivity contribution in [3.05, 3.63) is 54.1 Å². The Hall–Kier alpha value is -2.71. The van der Waals surface area contributed by atoms with Gasteiger partial charge < -0.3 is 10.6 Å². The van der Waals surface area contributed by atoms with E-state index in [0.29, 0.717) is 17.3 Å². The Labute approximate surface area is 178 Å². The molecule has 0 radical (unpaired) electrons. The van der Waals surface area contributed by atoms with Crippen molar-refractivity contribution < 1.29 is 18.0 Å². The Kier molecular flexibility index (Phi) is 8.14. The molecule has 0 saturated carbocycles. The van der Waals surface area contributed by atoms with E-state index < -0.39 is 15.9 Å². The maximum atomic E-state index is 13.0. The maximum Gasteiger partial charge on any atom is 0.243 e. The summed E-state index contributed by atoms with van der Waals surface area (Å²) in [5.74, 6) is -0.275. The predicted octanol–water partition coefficient (Wildman–Crippen LogP) is 3.81. The molecule has 0 spiro atoms. The quantitative estimate of drug-likeness (QED) is 0.631. The van der Waals surface area contributed by atoms with Crippen LogP contribution < -0.4 is 10.6 Å². The number of rotatable bonds is 9. The molecule has 2 amide bonds. The minimum atomic E-state index is -3.78. The first-order valence-electron chi connectivity index (χ1n) is 9.95. The van der Waals surface area contributed by atoms with E-state index in [1.165, 1.54) is 6.92 Å². The normalized spacial score (nSPS) is 12.4. The molecule has 1 unspecified atom stereocenters. The predicted molar refractivity (Wildman–Crippen MR) is 119 cm³/mol. The summed E-state index contributed by atoms with van der Waals surface area (Å²) in [7, 11) is -3.78. The van der Waals surface area contributed by atoms with E-state index in [1.807, 2.05) is 12.1 Å². The Morgan fingerprint density at radius 1 is 0.933 bits per heavy atom. The standard InChI is InChI=1S/C22H29N3O4S/c1-5-16(3)18-7-13-21(14-8-18)30(28,29)25(6-2)15-22(27)24-20-11-9-19(10-12-20)23-17(4)26/h7-14,16H,5-6,15H2,1-4H3,(H,23,26)(H,24,27). The summed E-state index contributed by atoms with van der Waals surface area (Å²) in [6, 6.07) is 13.4. The SMILES string of the molecule is CCC(C)c1ccc(S(=O)(=O)N(CC)CC(=O)Nc2ccc(NC(C)=O)cc2)cc1. The average Bonchev–Trinajstić information content (AvgIpc) is 2.72. The molecule has 2 aromatic carbocycles. The van der Waals surface area contributed by atoms with Crippen molar-refractivity contribution in [3.8, 4) is 0 Å². The highest BCUT2D eigenvalue weighted by molar-refractivity contribution is 7.89. The number of hydrogen-bond acceptors (Lipinski definition) is 4. The number of hydrogen-bond donors (Lipinski definition) is 2. The van der Waals surface area contributed by atoms with E-state index in [1.54, 1.807) is 43.3 Å². The van der Waals surface area contributed by atoms with Gasteiger partial charge in [-0.15, -0.1) is 0 Å². The van der Waals surface area contributed by atoms with Crippen LogP contribution in [0.15, 0.2) is 53.4 Å². The van der Waals surface area contributed by atoms with Crippen LogP contribution in [0.2, 0.25) is 0 Å². The van der Waals surface area contributed by atoms with Gasteiger partial charge in [-0.3, -0.25) is 9.59 Å². The molecule has 8 heteroatoms. The lowest BCUT2D eigenvalue weighted by molar-refractivity contribution is -0.116. The minimum Gasteiger partial charge on any atom is -0.326 e. The summed E-state index contributed by atoms with van der Waals surface area (Å²) in [5, 5.41) is 5.32. The molecule has 0 aliphatic carbocycles. The van der Waals surface area contributed by atoms with E-state index in [-0.39, 0.29) is 23.9 Å². The van der Waals surface area contributed by atoms with Crippen molar-refractivity contribution in [1.82, 2.24) is 4.31 Å². The van der Waals surface area contributed by atoms with Gasteiger partial charge in [0.15, 0.2) is 0 Å². The third kappa shape index (κ3) is 6.14. The highest BCUT2D eigenvalue weighted by atomic mass is 32.2.